The Morgan fingerprint density at radius 3 is 1.25 bits per heavy atom. The molecule has 0 amide bonds. The molecule has 2 nitrogen and oxygen atoms in total. The largest absolute Gasteiger partial charge is 0.491 e. The number of benzene rings is 3. The van der Waals surface area contributed by atoms with Gasteiger partial charge < -0.3 is 9.47 Å². The van der Waals surface area contributed by atoms with Crippen molar-refractivity contribution in [2.75, 3.05) is 13.2 Å². The standard InChI is InChI=1S/C15H16.C9H10O2.7C2H6/c1-12(2)13-8-10-15(11-9-13)14-6-4-3-5-7-14;1-2-4-8(5-3-1)10-6-9-7-11-9;7*1-2/h3-12H,1-2H3;1-5,9H,6-7H2;7*1-2H3. The van der Waals surface area contributed by atoms with Crippen molar-refractivity contribution in [2.45, 2.75) is 123 Å². The highest BCUT2D eigenvalue weighted by Gasteiger charge is 2.22. The molecule has 0 radical (unpaired) electrons. The lowest BCUT2D eigenvalue weighted by Crippen LogP contribution is -2.03. The smallest absolute Gasteiger partial charge is 0.119 e. The van der Waals surface area contributed by atoms with Crippen molar-refractivity contribution >= 4 is 0 Å². The minimum absolute atomic E-state index is 0.343. The molecular weight excluding hydrogens is 488 g/mol. The van der Waals surface area contributed by atoms with Crippen LogP contribution >= 0.6 is 0 Å². The van der Waals surface area contributed by atoms with Crippen LogP contribution in [0.2, 0.25) is 0 Å². The van der Waals surface area contributed by atoms with E-state index in [-0.39, 0.29) is 0 Å². The molecule has 3 aromatic rings. The maximum atomic E-state index is 5.40. The fourth-order valence-electron chi connectivity index (χ4n) is 2.56. The molecule has 1 aliphatic rings. The van der Waals surface area contributed by atoms with E-state index in [1.54, 1.807) is 0 Å². The summed E-state index contributed by atoms with van der Waals surface area (Å²) in [6, 6.07) is 29.1. The Hall–Kier alpha value is -2.58. The molecule has 0 spiro atoms. The minimum atomic E-state index is 0.343. The topological polar surface area (TPSA) is 21.8 Å². The number of rotatable bonds is 5. The van der Waals surface area contributed by atoms with E-state index in [2.05, 4.69) is 62.4 Å². The van der Waals surface area contributed by atoms with E-state index in [9.17, 15) is 0 Å². The highest BCUT2D eigenvalue weighted by molar-refractivity contribution is 5.63. The summed E-state index contributed by atoms with van der Waals surface area (Å²) in [6.07, 6.45) is 0.343. The summed E-state index contributed by atoms with van der Waals surface area (Å²) >= 11 is 0. The molecule has 1 aliphatic heterocycles. The van der Waals surface area contributed by atoms with Crippen LogP contribution in [0, 0.1) is 0 Å². The number of para-hydroxylation sites is 1. The third kappa shape index (κ3) is 27.0. The summed E-state index contributed by atoms with van der Waals surface area (Å²) in [5.74, 6) is 1.53. The van der Waals surface area contributed by atoms with Gasteiger partial charge in [0, 0.05) is 0 Å². The zero-order valence-corrected chi connectivity index (χ0v) is 29.5. The highest BCUT2D eigenvalue weighted by atomic mass is 16.6. The van der Waals surface area contributed by atoms with Crippen LogP contribution < -0.4 is 4.74 Å². The number of epoxide rings is 1. The van der Waals surface area contributed by atoms with E-state index in [4.69, 9.17) is 9.47 Å². The second kappa shape index (κ2) is 40.9. The van der Waals surface area contributed by atoms with E-state index in [1.165, 1.54) is 16.7 Å². The van der Waals surface area contributed by atoms with Crippen LogP contribution in [0.1, 0.15) is 122 Å². The Morgan fingerprint density at radius 2 is 0.900 bits per heavy atom. The molecule has 0 aliphatic carbocycles. The Kier molecular flexibility index (Phi) is 48.3. The average molecular weight is 557 g/mol. The Balaban J connectivity index is -0.000000144. The van der Waals surface area contributed by atoms with Crippen molar-refractivity contribution < 1.29 is 9.47 Å². The second-order valence-electron chi connectivity index (χ2n) is 6.72. The van der Waals surface area contributed by atoms with Crippen LogP contribution in [0.3, 0.4) is 0 Å². The van der Waals surface area contributed by atoms with Crippen LogP contribution in [0.25, 0.3) is 11.1 Å². The SMILES string of the molecule is CC.CC.CC.CC.CC.CC.CC.CC(C)c1ccc(-c2ccccc2)cc1.c1ccc(OCC2CO2)cc1. The molecule has 0 N–H and O–H groups in total. The molecule has 1 saturated heterocycles. The van der Waals surface area contributed by atoms with E-state index in [0.29, 0.717) is 18.6 Å². The average Bonchev–Trinajstić information content (AvgIpc) is 3.93. The first-order valence-electron chi connectivity index (χ1n) is 16.2. The number of ether oxygens (including phenoxy) is 2. The second-order valence-corrected chi connectivity index (χ2v) is 6.72. The van der Waals surface area contributed by atoms with Gasteiger partial charge in [-0.3, -0.25) is 0 Å². The number of hydrogen-bond acceptors (Lipinski definition) is 2. The molecule has 1 unspecified atom stereocenters. The first-order valence-corrected chi connectivity index (χ1v) is 16.2. The van der Waals surface area contributed by atoms with Crippen LogP contribution in [0.4, 0.5) is 0 Å². The Labute approximate surface area is 252 Å². The molecule has 40 heavy (non-hydrogen) atoms. The van der Waals surface area contributed by atoms with Gasteiger partial charge in [-0.1, -0.05) is 184 Å². The summed E-state index contributed by atoms with van der Waals surface area (Å²) in [4.78, 5) is 0. The van der Waals surface area contributed by atoms with Crippen LogP contribution in [0.5, 0.6) is 5.75 Å². The van der Waals surface area contributed by atoms with Gasteiger partial charge >= 0.3 is 0 Å². The lowest BCUT2D eigenvalue weighted by atomic mass is 9.99. The molecule has 0 aromatic heterocycles. The minimum Gasteiger partial charge on any atom is -0.491 e. The molecule has 0 bridgehead atoms. The maximum absolute atomic E-state index is 5.40. The van der Waals surface area contributed by atoms with Gasteiger partial charge in [-0.15, -0.1) is 0 Å². The zero-order valence-electron chi connectivity index (χ0n) is 29.5. The Morgan fingerprint density at radius 1 is 0.550 bits per heavy atom. The van der Waals surface area contributed by atoms with Crippen LogP contribution in [-0.4, -0.2) is 19.3 Å². The summed E-state index contributed by atoms with van der Waals surface area (Å²) in [5, 5.41) is 0. The molecule has 4 rings (SSSR count). The van der Waals surface area contributed by atoms with Gasteiger partial charge in [0.15, 0.2) is 0 Å². The van der Waals surface area contributed by atoms with Crippen LogP contribution in [-0.2, 0) is 4.74 Å². The van der Waals surface area contributed by atoms with Crippen molar-refractivity contribution in [1.82, 2.24) is 0 Å². The van der Waals surface area contributed by atoms with Crippen molar-refractivity contribution in [2.24, 2.45) is 0 Å². The molecule has 3 aromatic carbocycles. The Bertz CT molecular complexity index is 762. The molecule has 1 fully saturated rings. The number of hydrogen-bond donors (Lipinski definition) is 0. The van der Waals surface area contributed by atoms with Gasteiger partial charge in [-0.25, -0.2) is 0 Å². The van der Waals surface area contributed by atoms with Gasteiger partial charge in [-0.2, -0.15) is 0 Å². The summed E-state index contributed by atoms with van der Waals surface area (Å²) in [5.41, 5.74) is 3.97. The van der Waals surface area contributed by atoms with E-state index in [1.807, 2.05) is 133 Å². The van der Waals surface area contributed by atoms with Crippen molar-refractivity contribution in [3.8, 4) is 16.9 Å². The van der Waals surface area contributed by atoms with Gasteiger partial charge in [0.25, 0.3) is 0 Å². The molecule has 1 atom stereocenters. The summed E-state index contributed by atoms with van der Waals surface area (Å²) < 4.78 is 10.4. The van der Waals surface area contributed by atoms with Crippen molar-refractivity contribution in [1.29, 1.82) is 0 Å². The van der Waals surface area contributed by atoms with Gasteiger partial charge in [0.05, 0.1) is 6.61 Å². The molecule has 1 heterocycles. The third-order valence-corrected chi connectivity index (χ3v) is 4.27. The van der Waals surface area contributed by atoms with Gasteiger partial charge in [-0.05, 0) is 34.7 Å². The zero-order chi connectivity index (χ0) is 32.2. The van der Waals surface area contributed by atoms with Gasteiger partial charge in [0.2, 0.25) is 0 Å². The van der Waals surface area contributed by atoms with E-state index in [0.717, 1.165) is 12.4 Å². The monoisotopic (exact) mass is 557 g/mol. The fraction of sp³-hybridized carbons (Fsp3) is 0.526. The molecular formula is C38H68O2. The predicted octanol–water partition coefficient (Wildman–Crippen LogP) is 13.1. The third-order valence-electron chi connectivity index (χ3n) is 4.27. The van der Waals surface area contributed by atoms with E-state index >= 15 is 0 Å². The molecule has 2 heteroatoms. The van der Waals surface area contributed by atoms with Crippen molar-refractivity contribution in [3.63, 3.8) is 0 Å². The first-order chi connectivity index (χ1) is 19.7. The fourth-order valence-corrected chi connectivity index (χ4v) is 2.56. The van der Waals surface area contributed by atoms with Crippen molar-refractivity contribution in [3.05, 3.63) is 90.5 Å². The lowest BCUT2D eigenvalue weighted by molar-refractivity contribution is 0.263. The maximum Gasteiger partial charge on any atom is 0.119 e. The quantitative estimate of drug-likeness (QED) is 0.291. The van der Waals surface area contributed by atoms with Gasteiger partial charge in [0.1, 0.15) is 18.5 Å². The highest BCUT2D eigenvalue weighted by Crippen LogP contribution is 2.22. The lowest BCUT2D eigenvalue weighted by Gasteiger charge is -2.06. The van der Waals surface area contributed by atoms with Crippen LogP contribution in [0.15, 0.2) is 84.9 Å². The normalized spacial score (nSPS) is 10.9. The van der Waals surface area contributed by atoms with E-state index < -0.39 is 0 Å². The summed E-state index contributed by atoms with van der Waals surface area (Å²) in [7, 11) is 0. The first kappa shape index (κ1) is 47.2. The predicted molar refractivity (Wildman–Crippen MR) is 187 cm³/mol. The molecule has 232 valence electrons. The molecule has 0 saturated carbocycles. The summed E-state index contributed by atoms with van der Waals surface area (Å²) in [6.45, 7) is 34.0.